The molecule has 3 rings (SSSR count). The number of amides is 2. The van der Waals surface area contributed by atoms with Crippen LogP contribution in [0.25, 0.3) is 0 Å². The van der Waals surface area contributed by atoms with Gasteiger partial charge in [-0.25, -0.2) is 0 Å². The first-order chi connectivity index (χ1) is 11.6. The van der Waals surface area contributed by atoms with Gasteiger partial charge in [0.1, 0.15) is 0 Å². The van der Waals surface area contributed by atoms with Crippen molar-refractivity contribution < 1.29 is 19.1 Å². The first-order valence-electron chi connectivity index (χ1n) is 8.40. The highest BCUT2D eigenvalue weighted by molar-refractivity contribution is 9.10. The topological polar surface area (TPSA) is 63.7 Å². The Labute approximate surface area is 149 Å². The average Bonchev–Trinajstić information content (AvgIpc) is 2.83. The molecule has 128 valence electrons. The van der Waals surface area contributed by atoms with Gasteiger partial charge in [0.05, 0.1) is 23.7 Å². The van der Waals surface area contributed by atoms with Gasteiger partial charge in [-0.3, -0.25) is 19.3 Å². The van der Waals surface area contributed by atoms with E-state index in [-0.39, 0.29) is 36.9 Å². The summed E-state index contributed by atoms with van der Waals surface area (Å²) in [5.41, 5.74) is 0.857. The fourth-order valence-electron chi connectivity index (χ4n) is 3.32. The van der Waals surface area contributed by atoms with Crippen molar-refractivity contribution in [2.24, 2.45) is 5.92 Å². The molecule has 1 aliphatic heterocycles. The first-order valence-corrected chi connectivity index (χ1v) is 9.19. The van der Waals surface area contributed by atoms with Gasteiger partial charge in [-0.15, -0.1) is 0 Å². The summed E-state index contributed by atoms with van der Waals surface area (Å²) in [6, 6.07) is 5.07. The van der Waals surface area contributed by atoms with E-state index < -0.39 is 0 Å². The Morgan fingerprint density at radius 2 is 1.83 bits per heavy atom. The molecule has 1 fully saturated rings. The van der Waals surface area contributed by atoms with Gasteiger partial charge in [0, 0.05) is 11.0 Å². The van der Waals surface area contributed by atoms with Crippen LogP contribution in [0, 0.1) is 5.92 Å². The van der Waals surface area contributed by atoms with Gasteiger partial charge >= 0.3 is 5.97 Å². The minimum absolute atomic E-state index is 0.0235. The van der Waals surface area contributed by atoms with Gasteiger partial charge in [0.25, 0.3) is 11.8 Å². The quantitative estimate of drug-likeness (QED) is 0.435. The van der Waals surface area contributed by atoms with E-state index in [0.29, 0.717) is 17.5 Å². The molecule has 0 saturated heterocycles. The molecular formula is C18H20BrNO4. The number of carbonyl (C=O) groups is 3. The Morgan fingerprint density at radius 1 is 1.12 bits per heavy atom. The second-order valence-electron chi connectivity index (χ2n) is 6.31. The summed E-state index contributed by atoms with van der Waals surface area (Å²) >= 11 is 3.31. The molecule has 6 heteroatoms. The third kappa shape index (κ3) is 3.53. The molecule has 0 bridgehead atoms. The molecule has 1 aromatic carbocycles. The van der Waals surface area contributed by atoms with Crippen LogP contribution < -0.4 is 0 Å². The molecule has 0 radical (unpaired) electrons. The van der Waals surface area contributed by atoms with Gasteiger partial charge in [0.2, 0.25) is 0 Å². The molecule has 0 atom stereocenters. The number of nitrogens with zero attached hydrogens (tertiary/aromatic N) is 1. The van der Waals surface area contributed by atoms with Gasteiger partial charge in [-0.2, -0.15) is 0 Å². The Morgan fingerprint density at radius 3 is 2.58 bits per heavy atom. The molecule has 2 amide bonds. The highest BCUT2D eigenvalue weighted by Crippen LogP contribution is 2.26. The molecule has 1 aliphatic carbocycles. The van der Waals surface area contributed by atoms with E-state index in [1.54, 1.807) is 18.2 Å². The number of esters is 1. The molecule has 1 aromatic rings. The van der Waals surface area contributed by atoms with E-state index in [4.69, 9.17) is 4.74 Å². The van der Waals surface area contributed by atoms with Crippen LogP contribution >= 0.6 is 15.9 Å². The Balaban J connectivity index is 1.48. The summed E-state index contributed by atoms with van der Waals surface area (Å²) in [6.45, 7) is 0.508. The summed E-state index contributed by atoms with van der Waals surface area (Å²) in [5.74, 6) is -0.674. The molecule has 1 saturated carbocycles. The standard InChI is InChI=1S/C18H20BrNO4/c19-13-7-8-14-15(11-13)17(22)20(16(14)21)9-4-10-24-18(23)12-5-2-1-3-6-12/h7-8,11-12H,1-6,9-10H2. The van der Waals surface area contributed by atoms with Crippen molar-refractivity contribution >= 4 is 33.7 Å². The zero-order chi connectivity index (χ0) is 17.1. The van der Waals surface area contributed by atoms with Crippen LogP contribution in [0.3, 0.4) is 0 Å². The van der Waals surface area contributed by atoms with Crippen LogP contribution in [0.4, 0.5) is 0 Å². The minimum atomic E-state index is -0.282. The number of rotatable bonds is 5. The normalized spacial score (nSPS) is 18.0. The number of imide groups is 1. The zero-order valence-corrected chi connectivity index (χ0v) is 15.0. The predicted molar refractivity (Wildman–Crippen MR) is 91.7 cm³/mol. The average molecular weight is 394 g/mol. The molecule has 0 aromatic heterocycles. The summed E-state index contributed by atoms with van der Waals surface area (Å²) in [6.07, 6.45) is 5.65. The fourth-order valence-corrected chi connectivity index (χ4v) is 3.68. The van der Waals surface area contributed by atoms with E-state index in [0.717, 1.165) is 30.2 Å². The lowest BCUT2D eigenvalue weighted by Crippen LogP contribution is -2.31. The van der Waals surface area contributed by atoms with E-state index in [1.165, 1.54) is 11.3 Å². The second kappa shape index (κ2) is 7.47. The van der Waals surface area contributed by atoms with Crippen LogP contribution in [-0.2, 0) is 9.53 Å². The summed E-state index contributed by atoms with van der Waals surface area (Å²) in [5, 5.41) is 0. The fraction of sp³-hybridized carbons (Fsp3) is 0.500. The van der Waals surface area contributed by atoms with E-state index >= 15 is 0 Å². The lowest BCUT2D eigenvalue weighted by molar-refractivity contribution is -0.149. The molecule has 5 nitrogen and oxygen atoms in total. The van der Waals surface area contributed by atoms with Crippen molar-refractivity contribution in [2.45, 2.75) is 38.5 Å². The number of hydrogen-bond acceptors (Lipinski definition) is 4. The van der Waals surface area contributed by atoms with Crippen molar-refractivity contribution in [1.82, 2.24) is 4.90 Å². The second-order valence-corrected chi connectivity index (χ2v) is 7.22. The number of halogens is 1. The van der Waals surface area contributed by atoms with Crippen LogP contribution in [0.2, 0.25) is 0 Å². The number of benzene rings is 1. The lowest BCUT2D eigenvalue weighted by Gasteiger charge is -2.20. The first kappa shape index (κ1) is 17.1. The monoisotopic (exact) mass is 393 g/mol. The maximum absolute atomic E-state index is 12.3. The van der Waals surface area contributed by atoms with Crippen molar-refractivity contribution in [3.05, 3.63) is 33.8 Å². The number of carbonyl (C=O) groups excluding carboxylic acids is 3. The van der Waals surface area contributed by atoms with Crippen LogP contribution in [0.1, 0.15) is 59.2 Å². The van der Waals surface area contributed by atoms with Gasteiger partial charge < -0.3 is 4.74 Å². The highest BCUT2D eigenvalue weighted by Gasteiger charge is 2.35. The SMILES string of the molecule is O=C(OCCCN1C(=O)c2ccc(Br)cc2C1=O)C1CCCCC1. The highest BCUT2D eigenvalue weighted by atomic mass is 79.9. The van der Waals surface area contributed by atoms with Gasteiger partial charge in [-0.05, 0) is 37.5 Å². The molecule has 0 unspecified atom stereocenters. The van der Waals surface area contributed by atoms with E-state index in [2.05, 4.69) is 15.9 Å². The Kier molecular flexibility index (Phi) is 5.33. The maximum atomic E-state index is 12.3. The summed E-state index contributed by atoms with van der Waals surface area (Å²) in [7, 11) is 0. The van der Waals surface area contributed by atoms with Crippen molar-refractivity contribution in [3.8, 4) is 0 Å². The van der Waals surface area contributed by atoms with E-state index in [1.807, 2.05) is 0 Å². The minimum Gasteiger partial charge on any atom is -0.465 e. The molecule has 24 heavy (non-hydrogen) atoms. The summed E-state index contributed by atoms with van der Waals surface area (Å²) in [4.78, 5) is 37.8. The molecule has 0 spiro atoms. The van der Waals surface area contributed by atoms with E-state index in [9.17, 15) is 14.4 Å². The van der Waals surface area contributed by atoms with Crippen molar-refractivity contribution in [3.63, 3.8) is 0 Å². The predicted octanol–water partition coefficient (Wildman–Crippen LogP) is 3.56. The lowest BCUT2D eigenvalue weighted by atomic mass is 9.89. The largest absolute Gasteiger partial charge is 0.465 e. The number of hydrogen-bond donors (Lipinski definition) is 0. The third-order valence-corrected chi connectivity index (χ3v) is 5.13. The van der Waals surface area contributed by atoms with Crippen LogP contribution in [-0.4, -0.2) is 35.8 Å². The van der Waals surface area contributed by atoms with Crippen molar-refractivity contribution in [1.29, 1.82) is 0 Å². The van der Waals surface area contributed by atoms with Crippen LogP contribution in [0.5, 0.6) is 0 Å². The van der Waals surface area contributed by atoms with Crippen LogP contribution in [0.15, 0.2) is 22.7 Å². The van der Waals surface area contributed by atoms with Gasteiger partial charge in [-0.1, -0.05) is 35.2 Å². The smallest absolute Gasteiger partial charge is 0.308 e. The molecule has 1 heterocycles. The van der Waals surface area contributed by atoms with Gasteiger partial charge in [0.15, 0.2) is 0 Å². The number of fused-ring (bicyclic) bond motifs is 1. The molecule has 2 aliphatic rings. The Bertz CT molecular complexity index is 667. The Hall–Kier alpha value is -1.69. The number of ether oxygens (including phenoxy) is 1. The molecule has 0 N–H and O–H groups in total. The maximum Gasteiger partial charge on any atom is 0.308 e. The summed E-state index contributed by atoms with van der Waals surface area (Å²) < 4.78 is 6.08. The zero-order valence-electron chi connectivity index (χ0n) is 13.4. The molecular weight excluding hydrogens is 374 g/mol. The van der Waals surface area contributed by atoms with Crippen molar-refractivity contribution in [2.75, 3.05) is 13.2 Å². The third-order valence-electron chi connectivity index (χ3n) is 4.64.